The molecule has 2 aliphatic rings. The molecule has 6 nitrogen and oxygen atoms in total. The number of para-hydroxylation sites is 2. The minimum atomic E-state index is -0.683. The van der Waals surface area contributed by atoms with Crippen LogP contribution in [0.4, 0.5) is 41.1 Å². The van der Waals surface area contributed by atoms with Crippen molar-refractivity contribution in [2.24, 2.45) is 0 Å². The second-order valence-corrected chi connectivity index (χ2v) is 8.62. The van der Waals surface area contributed by atoms with Gasteiger partial charge in [-0.05, 0) is 60.7 Å². The highest BCUT2D eigenvalue weighted by atomic mass is 19.1. The predicted molar refractivity (Wildman–Crippen MR) is 134 cm³/mol. The second-order valence-electron chi connectivity index (χ2n) is 8.62. The molecule has 0 saturated heterocycles. The van der Waals surface area contributed by atoms with Crippen molar-refractivity contribution in [3.63, 3.8) is 0 Å². The third-order valence-corrected chi connectivity index (χ3v) is 6.54. The zero-order valence-electron chi connectivity index (χ0n) is 18.9. The monoisotopic (exact) mass is 482 g/mol. The topological polar surface area (TPSA) is 64.7 Å². The van der Waals surface area contributed by atoms with Gasteiger partial charge in [-0.25, -0.2) is 18.4 Å². The summed E-state index contributed by atoms with van der Waals surface area (Å²) in [5, 5.41) is 5.83. The lowest BCUT2D eigenvalue weighted by atomic mass is 9.86. The minimum Gasteiger partial charge on any atom is -0.307 e. The molecular weight excluding hydrogens is 462 g/mol. The number of hydrogen-bond donors (Lipinski definition) is 2. The van der Waals surface area contributed by atoms with E-state index in [4.69, 9.17) is 0 Å². The maximum absolute atomic E-state index is 13.8. The summed E-state index contributed by atoms with van der Waals surface area (Å²) in [5.74, 6) is -0.855. The Morgan fingerprint density at radius 2 is 0.889 bits per heavy atom. The van der Waals surface area contributed by atoms with Gasteiger partial charge in [-0.15, -0.1) is 0 Å². The fraction of sp³-hybridized carbons (Fsp3) is 0.0714. The van der Waals surface area contributed by atoms with Gasteiger partial charge < -0.3 is 10.6 Å². The molecule has 2 N–H and O–H groups in total. The van der Waals surface area contributed by atoms with E-state index in [1.807, 2.05) is 36.4 Å². The molecule has 6 rings (SSSR count). The lowest BCUT2D eigenvalue weighted by molar-refractivity contribution is 0.246. The number of nitrogens with one attached hydrogen (secondary N) is 2. The molecular formula is C28H20F2N4O2. The molecule has 2 unspecified atom stereocenters. The van der Waals surface area contributed by atoms with Crippen molar-refractivity contribution < 1.29 is 18.4 Å². The third-order valence-electron chi connectivity index (χ3n) is 6.54. The second kappa shape index (κ2) is 8.49. The Balaban J connectivity index is 1.62. The summed E-state index contributed by atoms with van der Waals surface area (Å²) in [6, 6.07) is 23.9. The van der Waals surface area contributed by atoms with E-state index in [0.29, 0.717) is 22.7 Å². The molecule has 0 saturated carbocycles. The van der Waals surface area contributed by atoms with E-state index in [1.165, 1.54) is 48.5 Å². The fourth-order valence-electron chi connectivity index (χ4n) is 5.00. The van der Waals surface area contributed by atoms with E-state index < -0.39 is 35.8 Å². The number of halogens is 2. The van der Waals surface area contributed by atoms with Crippen molar-refractivity contribution in [3.8, 4) is 0 Å². The van der Waals surface area contributed by atoms with Crippen LogP contribution in [0.1, 0.15) is 23.2 Å². The summed E-state index contributed by atoms with van der Waals surface area (Å²) in [5.41, 5.74) is 3.74. The molecule has 2 aliphatic heterocycles. The van der Waals surface area contributed by atoms with Crippen LogP contribution in [0.15, 0.2) is 97.1 Å². The predicted octanol–water partition coefficient (Wildman–Crippen LogP) is 6.85. The molecule has 36 heavy (non-hydrogen) atoms. The highest BCUT2D eigenvalue weighted by molar-refractivity contribution is 6.08. The van der Waals surface area contributed by atoms with Gasteiger partial charge in [-0.1, -0.05) is 36.4 Å². The Morgan fingerprint density at radius 1 is 0.528 bits per heavy atom. The summed E-state index contributed by atoms with van der Waals surface area (Å²) < 4.78 is 27.6. The molecule has 0 radical (unpaired) electrons. The Bertz CT molecular complexity index is 1360. The number of hydrogen-bond acceptors (Lipinski definition) is 2. The van der Waals surface area contributed by atoms with Crippen LogP contribution in [0.3, 0.4) is 0 Å². The maximum Gasteiger partial charge on any atom is 0.326 e. The van der Waals surface area contributed by atoms with Crippen molar-refractivity contribution in [1.29, 1.82) is 0 Å². The molecule has 8 heteroatoms. The van der Waals surface area contributed by atoms with Crippen molar-refractivity contribution in [3.05, 3.63) is 120 Å². The van der Waals surface area contributed by atoms with Crippen LogP contribution in [0.25, 0.3) is 0 Å². The summed E-state index contributed by atoms with van der Waals surface area (Å²) in [6.45, 7) is 0. The van der Waals surface area contributed by atoms with Gasteiger partial charge in [-0.2, -0.15) is 0 Å². The van der Waals surface area contributed by atoms with Gasteiger partial charge in [-0.3, -0.25) is 9.80 Å². The molecule has 0 aromatic heterocycles. The van der Waals surface area contributed by atoms with E-state index in [-0.39, 0.29) is 0 Å². The number of amides is 4. The quantitative estimate of drug-likeness (QED) is 0.335. The van der Waals surface area contributed by atoms with Crippen molar-refractivity contribution in [2.75, 3.05) is 20.4 Å². The fourth-order valence-corrected chi connectivity index (χ4v) is 5.00. The van der Waals surface area contributed by atoms with Gasteiger partial charge in [0.2, 0.25) is 0 Å². The Morgan fingerprint density at radius 3 is 1.28 bits per heavy atom. The van der Waals surface area contributed by atoms with Crippen LogP contribution in [0, 0.1) is 11.6 Å². The summed E-state index contributed by atoms with van der Waals surface area (Å²) in [7, 11) is 0. The number of rotatable bonds is 3. The van der Waals surface area contributed by atoms with E-state index >= 15 is 0 Å². The van der Waals surface area contributed by atoms with Gasteiger partial charge in [0.15, 0.2) is 0 Å². The zero-order valence-corrected chi connectivity index (χ0v) is 18.9. The van der Waals surface area contributed by atoms with Crippen LogP contribution in [0.5, 0.6) is 0 Å². The first-order valence-electron chi connectivity index (χ1n) is 11.4. The Labute approximate surface area is 205 Å². The van der Waals surface area contributed by atoms with Crippen molar-refractivity contribution >= 4 is 34.8 Å². The van der Waals surface area contributed by atoms with Gasteiger partial charge in [0.25, 0.3) is 0 Å². The van der Waals surface area contributed by atoms with E-state index in [0.717, 1.165) is 11.1 Å². The van der Waals surface area contributed by atoms with Crippen LogP contribution < -0.4 is 20.4 Å². The minimum absolute atomic E-state index is 0.409. The van der Waals surface area contributed by atoms with Crippen molar-refractivity contribution in [1.82, 2.24) is 0 Å². The summed E-state index contributed by atoms with van der Waals surface area (Å²) in [4.78, 5) is 30.1. The molecule has 0 spiro atoms. The number of carbonyl (C=O) groups excluding carboxylic acids is 2. The summed E-state index contributed by atoms with van der Waals surface area (Å²) >= 11 is 0. The van der Waals surface area contributed by atoms with Crippen LogP contribution >= 0.6 is 0 Å². The van der Waals surface area contributed by atoms with Crippen molar-refractivity contribution in [2.45, 2.75) is 12.1 Å². The van der Waals surface area contributed by atoms with Gasteiger partial charge in [0.1, 0.15) is 11.6 Å². The molecule has 2 atom stereocenters. The molecule has 4 amide bonds. The Hall–Kier alpha value is -4.72. The summed E-state index contributed by atoms with van der Waals surface area (Å²) in [6.07, 6.45) is 0. The molecule has 4 aromatic rings. The Kier molecular flexibility index (Phi) is 5.14. The van der Waals surface area contributed by atoms with Crippen LogP contribution in [-0.4, -0.2) is 12.1 Å². The van der Waals surface area contributed by atoms with E-state index in [1.54, 1.807) is 21.9 Å². The van der Waals surface area contributed by atoms with Gasteiger partial charge in [0, 0.05) is 33.9 Å². The smallest absolute Gasteiger partial charge is 0.307 e. The normalized spacial score (nSPS) is 18.7. The maximum atomic E-state index is 13.8. The number of benzene rings is 4. The third kappa shape index (κ3) is 3.54. The average Bonchev–Trinajstić information content (AvgIpc) is 2.88. The lowest BCUT2D eigenvalue weighted by Gasteiger charge is -2.47. The first-order valence-corrected chi connectivity index (χ1v) is 11.4. The highest BCUT2D eigenvalue weighted by Crippen LogP contribution is 2.50. The lowest BCUT2D eigenvalue weighted by Crippen LogP contribution is -2.52. The number of nitrogens with zero attached hydrogens (tertiary/aromatic N) is 2. The molecule has 2 heterocycles. The van der Waals surface area contributed by atoms with E-state index in [9.17, 15) is 18.4 Å². The molecule has 0 fully saturated rings. The molecule has 0 aliphatic carbocycles. The SMILES string of the molecule is O=C1Nc2ccccc2C(C2c3ccccc3NC(=O)N2c2ccc(F)cc2)N1c1ccc(F)cc1. The zero-order chi connectivity index (χ0) is 24.8. The molecule has 178 valence electrons. The first-order chi connectivity index (χ1) is 17.5. The van der Waals surface area contributed by atoms with Gasteiger partial charge in [0.05, 0.1) is 12.1 Å². The van der Waals surface area contributed by atoms with E-state index in [2.05, 4.69) is 10.6 Å². The molecule has 0 bridgehead atoms. The first kappa shape index (κ1) is 21.8. The largest absolute Gasteiger partial charge is 0.326 e. The average molecular weight is 482 g/mol. The number of anilines is 4. The number of carbonyl (C=O) groups is 2. The molecule has 4 aromatic carbocycles. The number of urea groups is 2. The van der Waals surface area contributed by atoms with Crippen LogP contribution in [-0.2, 0) is 0 Å². The van der Waals surface area contributed by atoms with Gasteiger partial charge >= 0.3 is 12.1 Å². The highest BCUT2D eigenvalue weighted by Gasteiger charge is 2.46. The standard InChI is InChI=1S/C28H20F2N4O2/c29-17-9-13-19(14-10-17)33-25(21-5-1-3-7-23(21)31-27(33)35)26-22-6-2-4-8-24(22)32-28(36)34(26)20-15-11-18(30)12-16-20/h1-16,25-26H,(H,31,35)(H,32,36). The number of fused-ring (bicyclic) bond motifs is 2. The van der Waals surface area contributed by atoms with Crippen LogP contribution in [0.2, 0.25) is 0 Å².